The van der Waals surface area contributed by atoms with Crippen molar-refractivity contribution in [3.8, 4) is 22.8 Å². The number of carbonyl (C=O) groups is 2. The van der Waals surface area contributed by atoms with Crippen LogP contribution in [0.15, 0.2) is 24.3 Å². The highest BCUT2D eigenvalue weighted by Crippen LogP contribution is 2.38. The van der Waals surface area contributed by atoms with Gasteiger partial charge in [-0.05, 0) is 62.1 Å². The minimum Gasteiger partial charge on any atom is -0.496 e. The molecule has 1 atom stereocenters. The number of aromatic nitrogens is 2. The van der Waals surface area contributed by atoms with Crippen molar-refractivity contribution in [2.45, 2.75) is 96.6 Å². The molecule has 2 aliphatic rings. The van der Waals surface area contributed by atoms with E-state index in [-0.39, 0.29) is 23.6 Å². The van der Waals surface area contributed by atoms with Crippen molar-refractivity contribution < 1.29 is 19.1 Å². The van der Waals surface area contributed by atoms with Gasteiger partial charge in [0.1, 0.15) is 11.5 Å². The summed E-state index contributed by atoms with van der Waals surface area (Å²) in [7, 11) is 1.61. The lowest BCUT2D eigenvalue weighted by atomic mass is 9.85. The molecule has 8 heteroatoms. The maximum Gasteiger partial charge on any atom is 0.272 e. The number of benzene rings is 1. The fraction of sp³-hybridized carbons (Fsp3) is 0.633. The van der Waals surface area contributed by atoms with E-state index < -0.39 is 0 Å². The molecule has 0 unspecified atom stereocenters. The van der Waals surface area contributed by atoms with Crippen molar-refractivity contribution in [2.24, 2.45) is 11.8 Å². The third kappa shape index (κ3) is 7.74. The predicted molar refractivity (Wildman–Crippen MR) is 148 cm³/mol. The number of H-pyrrole nitrogens is 1. The number of hydrogen-bond acceptors (Lipinski definition) is 5. The second-order valence-corrected chi connectivity index (χ2v) is 11.4. The van der Waals surface area contributed by atoms with Crippen LogP contribution >= 0.6 is 0 Å². The summed E-state index contributed by atoms with van der Waals surface area (Å²) in [6, 6.07) is 7.43. The van der Waals surface area contributed by atoms with E-state index in [0.29, 0.717) is 48.1 Å². The van der Waals surface area contributed by atoms with Gasteiger partial charge >= 0.3 is 0 Å². The molecular weight excluding hydrogens is 480 g/mol. The van der Waals surface area contributed by atoms with Crippen LogP contribution in [0.3, 0.4) is 0 Å². The van der Waals surface area contributed by atoms with Crippen molar-refractivity contribution in [3.63, 3.8) is 0 Å². The molecule has 2 amide bonds. The van der Waals surface area contributed by atoms with Gasteiger partial charge in [-0.1, -0.05) is 52.0 Å². The average molecular weight is 525 g/mol. The van der Waals surface area contributed by atoms with Gasteiger partial charge in [0.25, 0.3) is 5.91 Å². The SMILES string of the molecule is COc1cccc(OCC(C)C)c1-c1cc(C(=O)N[C@@H](CCC2CCCCC2)CC(=O)NC2CCC2)n[nH]1. The molecule has 38 heavy (non-hydrogen) atoms. The van der Waals surface area contributed by atoms with E-state index in [1.807, 2.05) is 18.2 Å². The number of nitrogens with one attached hydrogen (secondary N) is 3. The standard InChI is InChI=1S/C30H44N4O4/c1-20(2)19-38-27-14-8-13-26(37-3)29(27)24-18-25(34-33-24)30(36)32-23(16-15-21-9-5-4-6-10-21)17-28(35)31-22-11-7-12-22/h8,13-14,18,20-23H,4-7,9-12,15-17,19H2,1-3H3,(H,31,35)(H,32,36)(H,33,34)/t23-/m0/s1. The number of ether oxygens (including phenoxy) is 2. The normalized spacial score (nSPS) is 17.1. The second kappa shape index (κ2) is 13.7. The van der Waals surface area contributed by atoms with Gasteiger partial charge in [0, 0.05) is 18.5 Å². The molecule has 8 nitrogen and oxygen atoms in total. The Bertz CT molecular complexity index is 1060. The number of methoxy groups -OCH3 is 1. The van der Waals surface area contributed by atoms with Gasteiger partial charge in [-0.25, -0.2) is 0 Å². The van der Waals surface area contributed by atoms with E-state index in [1.165, 1.54) is 38.5 Å². The Morgan fingerprint density at radius 1 is 1.08 bits per heavy atom. The monoisotopic (exact) mass is 524 g/mol. The van der Waals surface area contributed by atoms with E-state index in [0.717, 1.165) is 31.2 Å². The molecule has 0 spiro atoms. The molecule has 2 saturated carbocycles. The molecule has 3 N–H and O–H groups in total. The lowest BCUT2D eigenvalue weighted by Gasteiger charge is -2.28. The van der Waals surface area contributed by atoms with Crippen molar-refractivity contribution >= 4 is 11.8 Å². The van der Waals surface area contributed by atoms with Crippen molar-refractivity contribution in [3.05, 3.63) is 30.0 Å². The van der Waals surface area contributed by atoms with E-state index in [9.17, 15) is 9.59 Å². The second-order valence-electron chi connectivity index (χ2n) is 11.4. The molecule has 0 aliphatic heterocycles. The summed E-state index contributed by atoms with van der Waals surface area (Å²) in [6.45, 7) is 4.75. The number of rotatable bonds is 13. The molecule has 2 fully saturated rings. The number of aromatic amines is 1. The first kappa shape index (κ1) is 28.0. The Kier molecular flexibility index (Phi) is 10.1. The highest BCUT2D eigenvalue weighted by atomic mass is 16.5. The zero-order valence-electron chi connectivity index (χ0n) is 23.2. The van der Waals surface area contributed by atoms with E-state index in [4.69, 9.17) is 9.47 Å². The fourth-order valence-electron chi connectivity index (χ4n) is 5.35. The largest absolute Gasteiger partial charge is 0.496 e. The predicted octanol–water partition coefficient (Wildman–Crippen LogP) is 5.64. The van der Waals surface area contributed by atoms with E-state index in [2.05, 4.69) is 34.7 Å². The molecule has 4 rings (SSSR count). The summed E-state index contributed by atoms with van der Waals surface area (Å²) in [5.74, 6) is 2.10. The Hall–Kier alpha value is -3.03. The number of nitrogens with zero attached hydrogens (tertiary/aromatic N) is 1. The first-order valence-corrected chi connectivity index (χ1v) is 14.4. The fourth-order valence-corrected chi connectivity index (χ4v) is 5.35. The van der Waals surface area contributed by atoms with Crippen molar-refractivity contribution in [1.82, 2.24) is 20.8 Å². The minimum atomic E-state index is -0.280. The Morgan fingerprint density at radius 2 is 1.84 bits per heavy atom. The highest BCUT2D eigenvalue weighted by Gasteiger charge is 2.25. The van der Waals surface area contributed by atoms with Crippen LogP contribution in [0, 0.1) is 11.8 Å². The molecule has 0 saturated heterocycles. The number of amides is 2. The highest BCUT2D eigenvalue weighted by molar-refractivity contribution is 5.94. The van der Waals surface area contributed by atoms with E-state index in [1.54, 1.807) is 13.2 Å². The molecule has 0 bridgehead atoms. The summed E-state index contributed by atoms with van der Waals surface area (Å²) in [5, 5.41) is 13.5. The summed E-state index contributed by atoms with van der Waals surface area (Å²) >= 11 is 0. The smallest absolute Gasteiger partial charge is 0.272 e. The summed E-state index contributed by atoms with van der Waals surface area (Å²) in [6.07, 6.45) is 11.8. The zero-order valence-corrected chi connectivity index (χ0v) is 23.2. The average Bonchev–Trinajstić information content (AvgIpc) is 3.38. The van der Waals surface area contributed by atoms with Crippen molar-refractivity contribution in [1.29, 1.82) is 0 Å². The van der Waals surface area contributed by atoms with Crippen LogP contribution in [0.25, 0.3) is 11.3 Å². The summed E-state index contributed by atoms with van der Waals surface area (Å²) in [5.41, 5.74) is 1.66. The maximum atomic E-state index is 13.3. The van der Waals surface area contributed by atoms with Crippen LogP contribution in [-0.4, -0.2) is 47.8 Å². The van der Waals surface area contributed by atoms with Gasteiger partial charge in [-0.2, -0.15) is 5.10 Å². The maximum absolute atomic E-state index is 13.3. The third-order valence-corrected chi connectivity index (χ3v) is 7.75. The Morgan fingerprint density at radius 3 is 2.53 bits per heavy atom. The molecule has 1 aromatic carbocycles. The van der Waals surface area contributed by atoms with Crippen LogP contribution in [-0.2, 0) is 4.79 Å². The molecule has 2 aromatic rings. The molecular formula is C30H44N4O4. The molecule has 1 aromatic heterocycles. The Balaban J connectivity index is 1.45. The van der Waals surface area contributed by atoms with Gasteiger partial charge < -0.3 is 20.1 Å². The minimum absolute atomic E-state index is 0.0207. The first-order chi connectivity index (χ1) is 18.4. The van der Waals surface area contributed by atoms with E-state index >= 15 is 0 Å². The Labute approximate surface area is 226 Å². The molecule has 0 radical (unpaired) electrons. The molecule has 2 aliphatic carbocycles. The van der Waals surface area contributed by atoms with Crippen LogP contribution < -0.4 is 20.1 Å². The molecule has 208 valence electrons. The lowest BCUT2D eigenvalue weighted by molar-refractivity contribution is -0.122. The van der Waals surface area contributed by atoms with Crippen LogP contribution in [0.1, 0.15) is 95.0 Å². The van der Waals surface area contributed by atoms with Gasteiger partial charge in [0.2, 0.25) is 5.91 Å². The van der Waals surface area contributed by atoms with Crippen LogP contribution in [0.2, 0.25) is 0 Å². The van der Waals surface area contributed by atoms with Gasteiger partial charge in [-0.15, -0.1) is 0 Å². The third-order valence-electron chi connectivity index (χ3n) is 7.75. The number of carbonyl (C=O) groups excluding carboxylic acids is 2. The van der Waals surface area contributed by atoms with Crippen LogP contribution in [0.4, 0.5) is 0 Å². The lowest BCUT2D eigenvalue weighted by Crippen LogP contribution is -2.44. The first-order valence-electron chi connectivity index (χ1n) is 14.4. The van der Waals surface area contributed by atoms with Crippen LogP contribution in [0.5, 0.6) is 11.5 Å². The van der Waals surface area contributed by atoms with Gasteiger partial charge in [-0.3, -0.25) is 14.7 Å². The van der Waals surface area contributed by atoms with Crippen molar-refractivity contribution in [2.75, 3.05) is 13.7 Å². The molecule has 1 heterocycles. The summed E-state index contributed by atoms with van der Waals surface area (Å²) in [4.78, 5) is 26.0. The van der Waals surface area contributed by atoms with Gasteiger partial charge in [0.05, 0.1) is 25.0 Å². The topological polar surface area (TPSA) is 105 Å². The quantitative estimate of drug-likeness (QED) is 0.315. The number of hydrogen-bond donors (Lipinski definition) is 3. The zero-order chi connectivity index (χ0) is 26.9. The van der Waals surface area contributed by atoms with Gasteiger partial charge in [0.15, 0.2) is 5.69 Å². The summed E-state index contributed by atoms with van der Waals surface area (Å²) < 4.78 is 11.6.